The highest BCUT2D eigenvalue weighted by Crippen LogP contribution is 2.16. The number of rotatable bonds is 3. The van der Waals surface area contributed by atoms with Gasteiger partial charge in [0.05, 0.1) is 6.04 Å². The van der Waals surface area contributed by atoms with Gasteiger partial charge in [-0.25, -0.2) is 0 Å². The predicted molar refractivity (Wildman–Crippen MR) is 83.5 cm³/mol. The first-order valence-electron chi connectivity index (χ1n) is 7.51. The average molecular weight is 288 g/mol. The van der Waals surface area contributed by atoms with Crippen molar-refractivity contribution in [1.82, 2.24) is 9.80 Å². The van der Waals surface area contributed by atoms with E-state index in [0.29, 0.717) is 13.1 Å². The number of aryl methyl sites for hydroxylation is 2. The molecular formula is C17H24N2O2. The zero-order chi connectivity index (χ0) is 15.6. The molecule has 0 aliphatic carbocycles. The van der Waals surface area contributed by atoms with Gasteiger partial charge in [-0.15, -0.1) is 0 Å². The molecule has 1 aliphatic heterocycles. The van der Waals surface area contributed by atoms with Gasteiger partial charge in [0.2, 0.25) is 5.91 Å². The van der Waals surface area contributed by atoms with Gasteiger partial charge in [0.25, 0.3) is 0 Å². The van der Waals surface area contributed by atoms with Crippen molar-refractivity contribution in [1.29, 1.82) is 0 Å². The number of carbonyl (C=O) groups is 2. The van der Waals surface area contributed by atoms with E-state index in [9.17, 15) is 9.59 Å². The Hall–Kier alpha value is -1.68. The highest BCUT2D eigenvalue weighted by atomic mass is 16.2. The lowest BCUT2D eigenvalue weighted by Gasteiger charge is -2.37. The summed E-state index contributed by atoms with van der Waals surface area (Å²) in [5.74, 6) is 0.288. The molecule has 0 aromatic heterocycles. The highest BCUT2D eigenvalue weighted by molar-refractivity contribution is 6.01. The molecule has 1 atom stereocenters. The fourth-order valence-corrected chi connectivity index (χ4v) is 2.82. The van der Waals surface area contributed by atoms with Crippen LogP contribution < -0.4 is 0 Å². The Balaban J connectivity index is 2.06. The van der Waals surface area contributed by atoms with E-state index in [1.165, 1.54) is 0 Å². The summed E-state index contributed by atoms with van der Waals surface area (Å²) < 4.78 is 0. The number of carbonyl (C=O) groups excluding carboxylic acids is 2. The SMILES string of the molecule is CC(=O)N1CCN(C(C)C(=O)c2cc(C)ccc2C)CC1. The summed E-state index contributed by atoms with van der Waals surface area (Å²) in [6, 6.07) is 5.87. The minimum Gasteiger partial charge on any atom is -0.340 e. The summed E-state index contributed by atoms with van der Waals surface area (Å²) in [7, 11) is 0. The minimum atomic E-state index is -0.139. The van der Waals surface area contributed by atoms with Gasteiger partial charge in [0.15, 0.2) is 5.78 Å². The zero-order valence-corrected chi connectivity index (χ0v) is 13.3. The molecule has 1 amide bonds. The van der Waals surface area contributed by atoms with Crippen molar-refractivity contribution in [2.45, 2.75) is 33.7 Å². The summed E-state index contributed by atoms with van der Waals surface area (Å²) in [5.41, 5.74) is 2.95. The molecular weight excluding hydrogens is 264 g/mol. The molecule has 4 heteroatoms. The summed E-state index contributed by atoms with van der Waals surface area (Å²) in [6.07, 6.45) is 0. The van der Waals surface area contributed by atoms with Crippen LogP contribution in [0.4, 0.5) is 0 Å². The van der Waals surface area contributed by atoms with Crippen LogP contribution in [0.3, 0.4) is 0 Å². The normalized spacial score (nSPS) is 17.6. The van der Waals surface area contributed by atoms with Crippen LogP contribution in [0.2, 0.25) is 0 Å². The summed E-state index contributed by atoms with van der Waals surface area (Å²) >= 11 is 0. The molecule has 1 aromatic rings. The third-order valence-corrected chi connectivity index (χ3v) is 4.35. The van der Waals surface area contributed by atoms with Gasteiger partial charge in [0.1, 0.15) is 0 Å². The van der Waals surface area contributed by atoms with Crippen molar-refractivity contribution >= 4 is 11.7 Å². The van der Waals surface area contributed by atoms with E-state index in [1.807, 2.05) is 43.9 Å². The molecule has 0 spiro atoms. The van der Waals surface area contributed by atoms with E-state index >= 15 is 0 Å². The average Bonchev–Trinajstić information content (AvgIpc) is 2.48. The van der Waals surface area contributed by atoms with E-state index in [0.717, 1.165) is 29.8 Å². The molecule has 4 nitrogen and oxygen atoms in total. The first-order valence-corrected chi connectivity index (χ1v) is 7.51. The molecule has 0 radical (unpaired) electrons. The summed E-state index contributed by atoms with van der Waals surface area (Å²) in [4.78, 5) is 28.1. The molecule has 0 N–H and O–H groups in total. The van der Waals surface area contributed by atoms with Crippen LogP contribution in [-0.2, 0) is 4.79 Å². The maximum Gasteiger partial charge on any atom is 0.219 e. The van der Waals surface area contributed by atoms with Crippen LogP contribution in [-0.4, -0.2) is 53.7 Å². The topological polar surface area (TPSA) is 40.6 Å². The van der Waals surface area contributed by atoms with Crippen molar-refractivity contribution in [3.8, 4) is 0 Å². The maximum atomic E-state index is 12.7. The molecule has 2 rings (SSSR count). The Morgan fingerprint density at radius 2 is 1.71 bits per heavy atom. The smallest absolute Gasteiger partial charge is 0.219 e. The number of benzene rings is 1. The second kappa shape index (κ2) is 6.39. The van der Waals surface area contributed by atoms with E-state index < -0.39 is 0 Å². The quantitative estimate of drug-likeness (QED) is 0.799. The lowest BCUT2D eigenvalue weighted by molar-refractivity contribution is -0.130. The van der Waals surface area contributed by atoms with Gasteiger partial charge < -0.3 is 4.90 Å². The van der Waals surface area contributed by atoms with Crippen molar-refractivity contribution in [3.63, 3.8) is 0 Å². The number of nitrogens with zero attached hydrogens (tertiary/aromatic N) is 2. The van der Waals surface area contributed by atoms with E-state index in [-0.39, 0.29) is 17.7 Å². The fourth-order valence-electron chi connectivity index (χ4n) is 2.82. The maximum absolute atomic E-state index is 12.7. The Labute approximate surface area is 126 Å². The second-order valence-electron chi connectivity index (χ2n) is 5.90. The van der Waals surface area contributed by atoms with Gasteiger partial charge in [-0.3, -0.25) is 14.5 Å². The Bertz CT molecular complexity index is 546. The molecule has 1 heterocycles. The van der Waals surface area contributed by atoms with E-state index in [1.54, 1.807) is 6.92 Å². The fraction of sp³-hybridized carbons (Fsp3) is 0.529. The van der Waals surface area contributed by atoms with Crippen LogP contribution in [0.15, 0.2) is 18.2 Å². The van der Waals surface area contributed by atoms with Gasteiger partial charge in [-0.1, -0.05) is 17.7 Å². The van der Waals surface area contributed by atoms with Gasteiger partial charge in [0, 0.05) is 38.7 Å². The third-order valence-electron chi connectivity index (χ3n) is 4.35. The van der Waals surface area contributed by atoms with Crippen molar-refractivity contribution in [2.75, 3.05) is 26.2 Å². The first-order chi connectivity index (χ1) is 9.90. The van der Waals surface area contributed by atoms with Crippen LogP contribution in [0.25, 0.3) is 0 Å². The zero-order valence-electron chi connectivity index (χ0n) is 13.3. The van der Waals surface area contributed by atoms with Crippen LogP contribution >= 0.6 is 0 Å². The number of amides is 1. The van der Waals surface area contributed by atoms with Gasteiger partial charge in [-0.2, -0.15) is 0 Å². The Morgan fingerprint density at radius 1 is 1.10 bits per heavy atom. The molecule has 114 valence electrons. The van der Waals surface area contributed by atoms with E-state index in [4.69, 9.17) is 0 Å². The Morgan fingerprint density at radius 3 is 2.29 bits per heavy atom. The molecule has 0 saturated carbocycles. The number of ketones is 1. The van der Waals surface area contributed by atoms with E-state index in [2.05, 4.69) is 4.90 Å². The Kier molecular flexibility index (Phi) is 4.78. The number of hydrogen-bond donors (Lipinski definition) is 0. The largest absolute Gasteiger partial charge is 0.340 e. The molecule has 1 saturated heterocycles. The first kappa shape index (κ1) is 15.7. The second-order valence-corrected chi connectivity index (χ2v) is 5.90. The van der Waals surface area contributed by atoms with Gasteiger partial charge in [-0.05, 0) is 32.4 Å². The van der Waals surface area contributed by atoms with Crippen LogP contribution in [0.5, 0.6) is 0 Å². The molecule has 21 heavy (non-hydrogen) atoms. The standard InChI is InChI=1S/C17H24N2O2/c1-12-5-6-13(2)16(11-12)17(21)14(3)18-7-9-19(10-8-18)15(4)20/h5-6,11,14H,7-10H2,1-4H3. The molecule has 1 unspecified atom stereocenters. The highest BCUT2D eigenvalue weighted by Gasteiger charge is 2.27. The predicted octanol–water partition coefficient (Wildman–Crippen LogP) is 2.04. The molecule has 0 bridgehead atoms. The molecule has 1 aliphatic rings. The van der Waals surface area contributed by atoms with Crippen LogP contribution in [0.1, 0.15) is 35.3 Å². The van der Waals surface area contributed by atoms with Crippen molar-refractivity contribution in [2.24, 2.45) is 0 Å². The van der Waals surface area contributed by atoms with Crippen LogP contribution in [0, 0.1) is 13.8 Å². The lowest BCUT2D eigenvalue weighted by Crippen LogP contribution is -2.52. The lowest BCUT2D eigenvalue weighted by atomic mass is 9.97. The molecule has 1 fully saturated rings. The summed E-state index contributed by atoms with van der Waals surface area (Å²) in [6.45, 7) is 10.5. The van der Waals surface area contributed by atoms with Crippen molar-refractivity contribution < 1.29 is 9.59 Å². The monoisotopic (exact) mass is 288 g/mol. The van der Waals surface area contributed by atoms with Gasteiger partial charge >= 0.3 is 0 Å². The number of Topliss-reactive ketones (excluding diaryl/α,β-unsaturated/α-hetero) is 1. The molecule has 1 aromatic carbocycles. The number of hydrogen-bond acceptors (Lipinski definition) is 3. The third kappa shape index (κ3) is 3.50. The number of piperazine rings is 1. The van der Waals surface area contributed by atoms with Crippen molar-refractivity contribution in [3.05, 3.63) is 34.9 Å². The minimum absolute atomic E-state index is 0.114. The summed E-state index contributed by atoms with van der Waals surface area (Å²) in [5, 5.41) is 0.